The summed E-state index contributed by atoms with van der Waals surface area (Å²) in [6.45, 7) is 3.82. The minimum atomic E-state index is -4.69. The zero-order valence-corrected chi connectivity index (χ0v) is 18.2. The predicted molar refractivity (Wildman–Crippen MR) is 115 cm³/mol. The molecule has 12 heteroatoms. The maximum atomic E-state index is 13.8. The van der Waals surface area contributed by atoms with Crippen LogP contribution in [0.4, 0.5) is 17.6 Å². The number of para-hydroxylation sites is 1. The maximum absolute atomic E-state index is 13.8. The van der Waals surface area contributed by atoms with Gasteiger partial charge in [-0.3, -0.25) is 9.55 Å². The van der Waals surface area contributed by atoms with Gasteiger partial charge >= 0.3 is 6.18 Å². The van der Waals surface area contributed by atoms with Crippen LogP contribution in [0.15, 0.2) is 77.6 Å². The van der Waals surface area contributed by atoms with Crippen LogP contribution in [0.2, 0.25) is 0 Å². The van der Waals surface area contributed by atoms with Crippen LogP contribution in [0.5, 0.6) is 5.75 Å². The average Bonchev–Trinajstić information content (AvgIpc) is 3.19. The van der Waals surface area contributed by atoms with Crippen molar-refractivity contribution < 1.29 is 22.3 Å². The molecule has 0 aliphatic heterocycles. The molecule has 174 valence electrons. The van der Waals surface area contributed by atoms with E-state index in [0.29, 0.717) is 5.82 Å². The summed E-state index contributed by atoms with van der Waals surface area (Å²) >= 11 is 0.872. The quantitative estimate of drug-likeness (QED) is 0.192. The molecule has 0 unspecified atom stereocenters. The molecule has 0 saturated heterocycles. The number of aromatic nitrogens is 6. The van der Waals surface area contributed by atoms with Gasteiger partial charge in [-0.05, 0) is 36.0 Å². The van der Waals surface area contributed by atoms with Gasteiger partial charge in [0.1, 0.15) is 23.0 Å². The third-order valence-electron chi connectivity index (χ3n) is 4.38. The van der Waals surface area contributed by atoms with E-state index in [2.05, 4.69) is 31.7 Å². The molecular weight excluding hydrogens is 472 g/mol. The highest BCUT2D eigenvalue weighted by Gasteiger charge is 2.34. The molecule has 0 aliphatic rings. The van der Waals surface area contributed by atoms with Crippen LogP contribution in [-0.4, -0.2) is 29.7 Å². The lowest BCUT2D eigenvalue weighted by molar-refractivity contribution is -0.141. The fraction of sp³-hybridized carbons (Fsp3) is 0.136. The van der Waals surface area contributed by atoms with Crippen molar-refractivity contribution in [1.82, 2.24) is 29.7 Å². The van der Waals surface area contributed by atoms with Gasteiger partial charge in [0.05, 0.1) is 0 Å². The van der Waals surface area contributed by atoms with Crippen molar-refractivity contribution in [2.75, 3.05) is 0 Å². The molecule has 0 saturated carbocycles. The summed E-state index contributed by atoms with van der Waals surface area (Å²) in [5.74, 6) is -0.332. The molecule has 0 bridgehead atoms. The summed E-state index contributed by atoms with van der Waals surface area (Å²) in [6, 6.07) is 11.5. The second kappa shape index (κ2) is 10.00. The Morgan fingerprint density at radius 2 is 1.85 bits per heavy atom. The summed E-state index contributed by atoms with van der Waals surface area (Å²) in [7, 11) is 0. The Kier molecular flexibility index (Phi) is 6.87. The lowest BCUT2D eigenvalue weighted by Gasteiger charge is -2.11. The average molecular weight is 488 g/mol. The van der Waals surface area contributed by atoms with Crippen molar-refractivity contribution in [3.05, 3.63) is 84.7 Å². The van der Waals surface area contributed by atoms with E-state index >= 15 is 0 Å². The number of allylic oxidation sites excluding steroid dienone is 1. The van der Waals surface area contributed by atoms with Crippen molar-refractivity contribution in [1.29, 1.82) is 0 Å². The van der Waals surface area contributed by atoms with Crippen LogP contribution < -0.4 is 4.74 Å². The lowest BCUT2D eigenvalue weighted by Crippen LogP contribution is -2.11. The molecule has 3 aromatic heterocycles. The zero-order valence-electron chi connectivity index (χ0n) is 17.4. The normalized spacial score (nSPS) is 11.4. The molecular formula is C22H16F4N6OS. The van der Waals surface area contributed by atoms with E-state index in [-0.39, 0.29) is 40.6 Å². The molecule has 4 rings (SSSR count). The third kappa shape index (κ3) is 5.39. The van der Waals surface area contributed by atoms with Gasteiger partial charge in [-0.25, -0.2) is 14.4 Å². The van der Waals surface area contributed by atoms with Gasteiger partial charge < -0.3 is 4.74 Å². The Bertz CT molecular complexity index is 1300. The Labute approximate surface area is 195 Å². The van der Waals surface area contributed by atoms with E-state index in [1.807, 2.05) is 0 Å². The van der Waals surface area contributed by atoms with E-state index in [9.17, 15) is 17.6 Å². The molecule has 0 N–H and O–H groups in total. The van der Waals surface area contributed by atoms with Crippen molar-refractivity contribution in [2.24, 2.45) is 0 Å². The highest BCUT2D eigenvalue weighted by atomic mass is 32.2. The first-order valence-corrected chi connectivity index (χ1v) is 10.6. The van der Waals surface area contributed by atoms with Crippen LogP contribution >= 0.6 is 11.8 Å². The smallest absolute Gasteiger partial charge is 0.433 e. The van der Waals surface area contributed by atoms with Crippen LogP contribution in [0.25, 0.3) is 11.5 Å². The van der Waals surface area contributed by atoms with Gasteiger partial charge in [-0.15, -0.1) is 16.8 Å². The van der Waals surface area contributed by atoms with Crippen molar-refractivity contribution >= 4 is 11.8 Å². The standard InChI is InChI=1S/C22H16F4N6OS/c1-2-11-32-18(13-33-16-9-4-3-7-14(16)23)30-31-21(32)34-19-12-17(22(24,25)26)28-20(29-19)15-8-5-6-10-27-15/h2-10,12H,1,11,13H2. The topological polar surface area (TPSA) is 78.6 Å². The Morgan fingerprint density at radius 3 is 2.56 bits per heavy atom. The zero-order chi connectivity index (χ0) is 24.1. The number of nitrogens with zero attached hydrogens (tertiary/aromatic N) is 6. The van der Waals surface area contributed by atoms with Crippen LogP contribution in [0, 0.1) is 5.82 Å². The number of hydrogen-bond acceptors (Lipinski definition) is 7. The highest BCUT2D eigenvalue weighted by Crippen LogP contribution is 2.34. The Morgan fingerprint density at radius 1 is 1.06 bits per heavy atom. The largest absolute Gasteiger partial charge is 0.483 e. The molecule has 0 spiro atoms. The predicted octanol–water partition coefficient (Wildman–Crippen LogP) is 5.20. The first kappa shape index (κ1) is 23.4. The molecule has 7 nitrogen and oxygen atoms in total. The van der Waals surface area contributed by atoms with E-state index in [0.717, 1.165) is 17.8 Å². The van der Waals surface area contributed by atoms with Gasteiger partial charge in [0.25, 0.3) is 0 Å². The molecule has 34 heavy (non-hydrogen) atoms. The fourth-order valence-electron chi connectivity index (χ4n) is 2.84. The van der Waals surface area contributed by atoms with Gasteiger partial charge in [-0.1, -0.05) is 24.3 Å². The number of halogens is 4. The summed E-state index contributed by atoms with van der Waals surface area (Å²) < 4.78 is 61.4. The molecule has 0 amide bonds. The maximum Gasteiger partial charge on any atom is 0.433 e. The van der Waals surface area contributed by atoms with Crippen LogP contribution in [-0.2, 0) is 19.3 Å². The number of benzene rings is 1. The molecule has 4 aromatic rings. The summed E-state index contributed by atoms with van der Waals surface area (Å²) in [5, 5.41) is 8.36. The van der Waals surface area contributed by atoms with E-state index in [1.165, 1.54) is 30.5 Å². The number of rotatable bonds is 8. The highest BCUT2D eigenvalue weighted by molar-refractivity contribution is 7.99. The molecule has 3 heterocycles. The fourth-order valence-corrected chi connectivity index (χ4v) is 3.70. The Balaban J connectivity index is 1.65. The van der Waals surface area contributed by atoms with Gasteiger partial charge in [0.15, 0.2) is 28.4 Å². The minimum Gasteiger partial charge on any atom is -0.483 e. The van der Waals surface area contributed by atoms with Gasteiger partial charge in [-0.2, -0.15) is 13.2 Å². The second-order valence-corrected chi connectivity index (χ2v) is 7.73. The number of ether oxygens (including phenoxy) is 1. The van der Waals surface area contributed by atoms with E-state index in [4.69, 9.17) is 4.74 Å². The first-order chi connectivity index (χ1) is 16.3. The molecule has 0 aliphatic carbocycles. The first-order valence-electron chi connectivity index (χ1n) is 9.81. The van der Waals surface area contributed by atoms with Gasteiger partial charge in [0.2, 0.25) is 0 Å². The number of alkyl halides is 3. The molecule has 1 aromatic carbocycles. The van der Waals surface area contributed by atoms with Crippen LogP contribution in [0.3, 0.4) is 0 Å². The molecule has 0 atom stereocenters. The monoisotopic (exact) mass is 488 g/mol. The van der Waals surface area contributed by atoms with E-state index in [1.54, 1.807) is 28.8 Å². The SMILES string of the molecule is C=CCn1c(COc2ccccc2F)nnc1Sc1cc(C(F)(F)F)nc(-c2ccccn2)n1. The van der Waals surface area contributed by atoms with Crippen molar-refractivity contribution in [3.63, 3.8) is 0 Å². The second-order valence-electron chi connectivity index (χ2n) is 6.75. The molecule has 0 fully saturated rings. The van der Waals surface area contributed by atoms with E-state index < -0.39 is 17.7 Å². The number of hydrogen-bond donors (Lipinski definition) is 0. The summed E-state index contributed by atoms with van der Waals surface area (Å²) in [5.41, 5.74) is -0.912. The molecule has 0 radical (unpaired) electrons. The minimum absolute atomic E-state index is 0.00209. The summed E-state index contributed by atoms with van der Waals surface area (Å²) in [6.07, 6.45) is -1.68. The van der Waals surface area contributed by atoms with Gasteiger partial charge in [0, 0.05) is 18.8 Å². The van der Waals surface area contributed by atoms with Crippen molar-refractivity contribution in [3.8, 4) is 17.3 Å². The lowest BCUT2D eigenvalue weighted by atomic mass is 10.3. The third-order valence-corrected chi connectivity index (χ3v) is 5.28. The summed E-state index contributed by atoms with van der Waals surface area (Å²) in [4.78, 5) is 11.9. The van der Waals surface area contributed by atoms with Crippen molar-refractivity contribution in [2.45, 2.75) is 29.5 Å². The Hall–Kier alpha value is -3.80. The van der Waals surface area contributed by atoms with Crippen LogP contribution in [0.1, 0.15) is 11.5 Å². The number of pyridine rings is 1.